The molecule has 2 aromatic carbocycles. The van der Waals surface area contributed by atoms with Gasteiger partial charge in [0.15, 0.2) is 0 Å². The Hall–Kier alpha value is -2.03. The quantitative estimate of drug-likeness (QED) is 0.754. The molecule has 0 aliphatic rings. The number of nitrogen functional groups attached to an aromatic ring is 1. The van der Waals surface area contributed by atoms with Crippen LogP contribution in [0.3, 0.4) is 0 Å². The van der Waals surface area contributed by atoms with Crippen LogP contribution in [0.1, 0.15) is 5.56 Å². The summed E-state index contributed by atoms with van der Waals surface area (Å²) in [7, 11) is 0. The zero-order valence-electron chi connectivity index (χ0n) is 9.00. The highest BCUT2D eigenvalue weighted by Gasteiger charge is 2.01. The Morgan fingerprint density at radius 1 is 1.06 bits per heavy atom. The molecule has 0 bridgehead atoms. The third kappa shape index (κ3) is 2.31. The Bertz CT molecular complexity index is 492. The van der Waals surface area contributed by atoms with Crippen LogP contribution < -0.4 is 11.1 Å². The van der Waals surface area contributed by atoms with E-state index >= 15 is 0 Å². The highest BCUT2D eigenvalue weighted by Crippen LogP contribution is 2.21. The third-order valence-corrected chi connectivity index (χ3v) is 2.31. The molecule has 0 atom stereocenters. The van der Waals surface area contributed by atoms with Crippen molar-refractivity contribution in [1.29, 1.82) is 0 Å². The number of hydrogen-bond donors (Lipinski definition) is 2. The van der Waals surface area contributed by atoms with Crippen molar-refractivity contribution in [2.24, 2.45) is 0 Å². The molecule has 2 nitrogen and oxygen atoms in total. The van der Waals surface area contributed by atoms with Crippen molar-refractivity contribution in [2.45, 2.75) is 6.92 Å². The van der Waals surface area contributed by atoms with Crippen molar-refractivity contribution in [3.63, 3.8) is 0 Å². The highest BCUT2D eigenvalue weighted by atomic mass is 19.1. The van der Waals surface area contributed by atoms with Gasteiger partial charge in [0.05, 0.1) is 5.69 Å². The topological polar surface area (TPSA) is 38.0 Å². The van der Waals surface area contributed by atoms with E-state index in [1.54, 1.807) is 18.2 Å². The molecular weight excluding hydrogens is 203 g/mol. The van der Waals surface area contributed by atoms with Crippen molar-refractivity contribution >= 4 is 17.1 Å². The van der Waals surface area contributed by atoms with Crippen molar-refractivity contribution in [2.75, 3.05) is 11.1 Å². The van der Waals surface area contributed by atoms with Gasteiger partial charge in [-0.2, -0.15) is 0 Å². The third-order valence-electron chi connectivity index (χ3n) is 2.31. The molecule has 0 radical (unpaired) electrons. The van der Waals surface area contributed by atoms with Gasteiger partial charge in [0.1, 0.15) is 5.82 Å². The summed E-state index contributed by atoms with van der Waals surface area (Å²) in [6, 6.07) is 12.3. The smallest absolute Gasteiger partial charge is 0.146 e. The molecule has 0 amide bonds. The maximum Gasteiger partial charge on any atom is 0.146 e. The van der Waals surface area contributed by atoms with Gasteiger partial charge in [0, 0.05) is 11.4 Å². The predicted molar refractivity (Wildman–Crippen MR) is 65.3 cm³/mol. The van der Waals surface area contributed by atoms with Crippen LogP contribution in [0.5, 0.6) is 0 Å². The molecule has 0 aromatic heterocycles. The maximum atomic E-state index is 13.5. The second-order valence-electron chi connectivity index (χ2n) is 3.73. The zero-order chi connectivity index (χ0) is 11.5. The van der Waals surface area contributed by atoms with Gasteiger partial charge >= 0.3 is 0 Å². The number of anilines is 3. The standard InChI is InChI=1S/C13H13FN2/c1-9-2-7-13(12(14)8-9)16-11-5-3-10(15)4-6-11/h2-8,16H,15H2,1H3. The fraction of sp³-hybridized carbons (Fsp3) is 0.0769. The molecule has 82 valence electrons. The molecule has 0 fully saturated rings. The van der Waals surface area contributed by atoms with Gasteiger partial charge in [-0.25, -0.2) is 4.39 Å². The summed E-state index contributed by atoms with van der Waals surface area (Å²) in [6.07, 6.45) is 0. The van der Waals surface area contributed by atoms with Gasteiger partial charge in [0.2, 0.25) is 0 Å². The Balaban J connectivity index is 2.23. The second-order valence-corrected chi connectivity index (χ2v) is 3.73. The summed E-state index contributed by atoms with van der Waals surface area (Å²) in [5, 5.41) is 3.00. The Morgan fingerprint density at radius 3 is 2.38 bits per heavy atom. The van der Waals surface area contributed by atoms with E-state index in [1.807, 2.05) is 25.1 Å². The Morgan fingerprint density at radius 2 is 1.75 bits per heavy atom. The summed E-state index contributed by atoms with van der Waals surface area (Å²) < 4.78 is 13.5. The molecule has 2 rings (SSSR count). The molecule has 3 heteroatoms. The predicted octanol–water partition coefficient (Wildman–Crippen LogP) is 3.46. The Labute approximate surface area is 93.9 Å². The summed E-state index contributed by atoms with van der Waals surface area (Å²) in [5.41, 5.74) is 8.45. The van der Waals surface area contributed by atoms with Crippen LogP contribution >= 0.6 is 0 Å². The molecule has 0 saturated heterocycles. The van der Waals surface area contributed by atoms with Gasteiger partial charge in [0.25, 0.3) is 0 Å². The summed E-state index contributed by atoms with van der Waals surface area (Å²) in [6.45, 7) is 1.86. The largest absolute Gasteiger partial charge is 0.399 e. The minimum absolute atomic E-state index is 0.253. The minimum atomic E-state index is -0.253. The van der Waals surface area contributed by atoms with Crippen molar-refractivity contribution in [3.05, 3.63) is 53.8 Å². The fourth-order valence-corrected chi connectivity index (χ4v) is 1.44. The zero-order valence-corrected chi connectivity index (χ0v) is 9.00. The minimum Gasteiger partial charge on any atom is -0.399 e. The molecule has 2 aromatic rings. The lowest BCUT2D eigenvalue weighted by Gasteiger charge is -2.08. The van der Waals surface area contributed by atoms with Gasteiger partial charge in [-0.3, -0.25) is 0 Å². The van der Waals surface area contributed by atoms with Crippen LogP contribution in [-0.2, 0) is 0 Å². The lowest BCUT2D eigenvalue weighted by Crippen LogP contribution is -1.94. The molecule has 16 heavy (non-hydrogen) atoms. The number of benzene rings is 2. The van der Waals surface area contributed by atoms with Crippen LogP contribution in [0, 0.1) is 12.7 Å². The van der Waals surface area contributed by atoms with Gasteiger partial charge in [-0.1, -0.05) is 6.07 Å². The SMILES string of the molecule is Cc1ccc(Nc2ccc(N)cc2)c(F)c1. The van der Waals surface area contributed by atoms with Gasteiger partial charge in [-0.05, 0) is 48.9 Å². The summed E-state index contributed by atoms with van der Waals surface area (Å²) >= 11 is 0. The fourth-order valence-electron chi connectivity index (χ4n) is 1.44. The first-order chi connectivity index (χ1) is 7.65. The molecule has 0 spiro atoms. The summed E-state index contributed by atoms with van der Waals surface area (Å²) in [4.78, 5) is 0. The van der Waals surface area contributed by atoms with E-state index in [9.17, 15) is 4.39 Å². The molecule has 0 heterocycles. The van der Waals surface area contributed by atoms with E-state index in [4.69, 9.17) is 5.73 Å². The Kier molecular flexibility index (Phi) is 2.77. The maximum absolute atomic E-state index is 13.5. The number of aryl methyl sites for hydroxylation is 1. The number of nitrogens with one attached hydrogen (secondary N) is 1. The molecule has 3 N–H and O–H groups in total. The van der Waals surface area contributed by atoms with Crippen molar-refractivity contribution in [1.82, 2.24) is 0 Å². The second kappa shape index (κ2) is 4.23. The lowest BCUT2D eigenvalue weighted by atomic mass is 10.2. The van der Waals surface area contributed by atoms with E-state index in [1.165, 1.54) is 6.07 Å². The van der Waals surface area contributed by atoms with Gasteiger partial charge in [-0.15, -0.1) is 0 Å². The average Bonchev–Trinajstić information content (AvgIpc) is 2.25. The molecule has 0 aliphatic carbocycles. The van der Waals surface area contributed by atoms with Crippen LogP contribution in [0.2, 0.25) is 0 Å². The van der Waals surface area contributed by atoms with E-state index in [2.05, 4.69) is 5.32 Å². The van der Waals surface area contributed by atoms with Gasteiger partial charge < -0.3 is 11.1 Å². The van der Waals surface area contributed by atoms with Crippen molar-refractivity contribution in [3.8, 4) is 0 Å². The molecule has 0 unspecified atom stereocenters. The van der Waals surface area contributed by atoms with E-state index in [-0.39, 0.29) is 5.82 Å². The average molecular weight is 216 g/mol. The molecular formula is C13H13FN2. The summed E-state index contributed by atoms with van der Waals surface area (Å²) in [5.74, 6) is -0.253. The van der Waals surface area contributed by atoms with Crippen LogP contribution in [0.15, 0.2) is 42.5 Å². The van der Waals surface area contributed by atoms with Crippen LogP contribution in [0.4, 0.5) is 21.5 Å². The number of hydrogen-bond acceptors (Lipinski definition) is 2. The van der Waals surface area contributed by atoms with Crippen LogP contribution in [0.25, 0.3) is 0 Å². The lowest BCUT2D eigenvalue weighted by molar-refractivity contribution is 0.631. The highest BCUT2D eigenvalue weighted by molar-refractivity contribution is 5.62. The van der Waals surface area contributed by atoms with Crippen LogP contribution in [-0.4, -0.2) is 0 Å². The first-order valence-corrected chi connectivity index (χ1v) is 5.04. The normalized spacial score (nSPS) is 10.1. The van der Waals surface area contributed by atoms with E-state index in [0.717, 1.165) is 11.3 Å². The van der Waals surface area contributed by atoms with Crippen molar-refractivity contribution < 1.29 is 4.39 Å². The first-order valence-electron chi connectivity index (χ1n) is 5.04. The monoisotopic (exact) mass is 216 g/mol. The molecule has 0 saturated carbocycles. The number of rotatable bonds is 2. The van der Waals surface area contributed by atoms with E-state index in [0.29, 0.717) is 11.4 Å². The first kappa shape index (κ1) is 10.5. The molecule has 0 aliphatic heterocycles. The van der Waals surface area contributed by atoms with E-state index < -0.39 is 0 Å². The number of nitrogens with two attached hydrogens (primary N) is 1. The number of halogens is 1.